The van der Waals surface area contributed by atoms with Crippen molar-refractivity contribution in [1.29, 1.82) is 0 Å². The molecule has 1 aromatic heterocycles. The van der Waals surface area contributed by atoms with E-state index in [2.05, 4.69) is 25.8 Å². The van der Waals surface area contributed by atoms with Crippen LogP contribution >= 0.6 is 0 Å². The third-order valence-electron chi connectivity index (χ3n) is 2.55. The molecule has 0 aliphatic heterocycles. The second kappa shape index (κ2) is 3.72. The van der Waals surface area contributed by atoms with Crippen molar-refractivity contribution in [2.45, 2.75) is 59.3 Å². The van der Waals surface area contributed by atoms with E-state index in [0.29, 0.717) is 5.82 Å². The fourth-order valence-electron chi connectivity index (χ4n) is 1.97. The largest absolute Gasteiger partial charge is 0.350 e. The van der Waals surface area contributed by atoms with E-state index >= 15 is 0 Å². The van der Waals surface area contributed by atoms with Gasteiger partial charge in [-0.25, -0.2) is 0 Å². The summed E-state index contributed by atoms with van der Waals surface area (Å²) in [6.07, 6.45) is 1.84. The van der Waals surface area contributed by atoms with E-state index in [-0.39, 0.29) is 10.8 Å². The Labute approximate surface area is 98.1 Å². The lowest BCUT2D eigenvalue weighted by Crippen LogP contribution is -2.49. The molecule has 1 N–H and O–H groups in total. The molecule has 1 heterocycles. The topological polar surface area (TPSA) is 37.0 Å². The average Bonchev–Trinajstić information content (AvgIpc) is 1.97. The highest BCUT2D eigenvalue weighted by Crippen LogP contribution is 2.24. The minimum Gasteiger partial charge on any atom is -0.350 e. The van der Waals surface area contributed by atoms with Gasteiger partial charge in [0.2, 0.25) is 0 Å². The standard InChI is InChI=1S/C13H23N2O/c1-9-8-14-11(13(5,6)7)15(16)10(9)12(2,3)4/h8,16H,1-7H3/q+1. The van der Waals surface area contributed by atoms with Gasteiger partial charge in [0.05, 0.1) is 5.41 Å². The number of aromatic nitrogens is 2. The van der Waals surface area contributed by atoms with E-state index < -0.39 is 0 Å². The van der Waals surface area contributed by atoms with Crippen LogP contribution in [-0.2, 0) is 10.8 Å². The zero-order chi connectivity index (χ0) is 12.7. The number of hydrogen-bond acceptors (Lipinski definition) is 2. The van der Waals surface area contributed by atoms with Crippen molar-refractivity contribution in [3.05, 3.63) is 23.3 Å². The highest BCUT2D eigenvalue weighted by Gasteiger charge is 2.35. The molecule has 0 saturated carbocycles. The molecule has 0 spiro atoms. The predicted octanol–water partition coefficient (Wildman–Crippen LogP) is 2.51. The van der Waals surface area contributed by atoms with Crippen LogP contribution in [0.3, 0.4) is 0 Å². The zero-order valence-corrected chi connectivity index (χ0v) is 11.4. The summed E-state index contributed by atoms with van der Waals surface area (Å²) in [6, 6.07) is 0. The normalized spacial score (nSPS) is 12.9. The van der Waals surface area contributed by atoms with Crippen LogP contribution in [0, 0.1) is 6.92 Å². The van der Waals surface area contributed by atoms with Gasteiger partial charge < -0.3 is 5.21 Å². The first-order valence-electron chi connectivity index (χ1n) is 5.67. The summed E-state index contributed by atoms with van der Waals surface area (Å²) < 4.78 is 1.26. The van der Waals surface area contributed by atoms with Crippen LogP contribution in [0.15, 0.2) is 6.20 Å². The molecule has 0 saturated heterocycles. The number of nitrogens with zero attached hydrogens (tertiary/aromatic N) is 2. The van der Waals surface area contributed by atoms with Crippen LogP contribution < -0.4 is 4.73 Å². The van der Waals surface area contributed by atoms with Gasteiger partial charge in [0.15, 0.2) is 5.69 Å². The van der Waals surface area contributed by atoms with E-state index in [4.69, 9.17) is 0 Å². The fourth-order valence-corrected chi connectivity index (χ4v) is 1.97. The third-order valence-corrected chi connectivity index (χ3v) is 2.55. The summed E-state index contributed by atoms with van der Waals surface area (Å²) in [4.78, 5) is 4.34. The monoisotopic (exact) mass is 223 g/mol. The molecular formula is C13H23N2O+. The summed E-state index contributed by atoms with van der Waals surface area (Å²) in [7, 11) is 0. The molecule has 16 heavy (non-hydrogen) atoms. The molecule has 1 aromatic rings. The molecule has 90 valence electrons. The maximum absolute atomic E-state index is 10.3. The van der Waals surface area contributed by atoms with Gasteiger partial charge in [0.1, 0.15) is 6.20 Å². The molecule has 0 radical (unpaired) electrons. The number of hydrogen-bond donors (Lipinski definition) is 1. The lowest BCUT2D eigenvalue weighted by Gasteiger charge is -2.21. The van der Waals surface area contributed by atoms with E-state index in [1.807, 2.05) is 33.9 Å². The molecule has 3 nitrogen and oxygen atoms in total. The Bertz CT molecular complexity index is 398. The zero-order valence-electron chi connectivity index (χ0n) is 11.4. The fraction of sp³-hybridized carbons (Fsp3) is 0.692. The molecule has 0 atom stereocenters. The van der Waals surface area contributed by atoms with Crippen molar-refractivity contribution in [3.63, 3.8) is 0 Å². The van der Waals surface area contributed by atoms with Crippen LogP contribution in [-0.4, -0.2) is 10.2 Å². The van der Waals surface area contributed by atoms with Crippen molar-refractivity contribution >= 4 is 0 Å². The smallest absolute Gasteiger partial charge is 0.342 e. The van der Waals surface area contributed by atoms with Gasteiger partial charge in [-0.15, -0.1) is 0 Å². The van der Waals surface area contributed by atoms with Gasteiger partial charge in [-0.05, 0) is 37.4 Å². The summed E-state index contributed by atoms with van der Waals surface area (Å²) in [5.41, 5.74) is 1.68. The van der Waals surface area contributed by atoms with E-state index in [0.717, 1.165) is 11.3 Å². The lowest BCUT2D eigenvalue weighted by molar-refractivity contribution is -0.920. The van der Waals surface area contributed by atoms with Crippen molar-refractivity contribution in [2.24, 2.45) is 0 Å². The molecule has 3 heteroatoms. The predicted molar refractivity (Wildman–Crippen MR) is 63.8 cm³/mol. The van der Waals surface area contributed by atoms with Crippen molar-refractivity contribution in [1.82, 2.24) is 4.98 Å². The van der Waals surface area contributed by atoms with E-state index in [1.54, 1.807) is 0 Å². The van der Waals surface area contributed by atoms with Crippen LogP contribution in [0.2, 0.25) is 0 Å². The summed E-state index contributed by atoms with van der Waals surface area (Å²) in [5, 5.41) is 10.3. The van der Waals surface area contributed by atoms with Gasteiger partial charge in [0, 0.05) is 11.0 Å². The molecule has 1 rings (SSSR count). The minimum atomic E-state index is -0.164. The summed E-state index contributed by atoms with van der Waals surface area (Å²) >= 11 is 0. The maximum atomic E-state index is 10.3. The van der Waals surface area contributed by atoms with Gasteiger partial charge in [-0.1, -0.05) is 20.8 Å². The summed E-state index contributed by atoms with van der Waals surface area (Å²) in [5.74, 6) is 0.697. The Balaban J connectivity index is 3.52. The SMILES string of the molecule is Cc1cnc(C(C)(C)C)[n+](O)c1C(C)(C)C. The van der Waals surface area contributed by atoms with Crippen molar-refractivity contribution in [3.8, 4) is 0 Å². The van der Waals surface area contributed by atoms with Crippen LogP contribution in [0.1, 0.15) is 58.6 Å². The van der Waals surface area contributed by atoms with Crippen molar-refractivity contribution in [2.75, 3.05) is 0 Å². The lowest BCUT2D eigenvalue weighted by atomic mass is 9.88. The van der Waals surface area contributed by atoms with E-state index in [9.17, 15) is 5.21 Å². The molecule has 0 unspecified atom stereocenters. The maximum Gasteiger partial charge on any atom is 0.342 e. The second-order valence-electron chi connectivity index (χ2n) is 6.43. The van der Waals surface area contributed by atoms with Crippen molar-refractivity contribution < 1.29 is 9.94 Å². The molecule has 0 fully saturated rings. The molecule has 0 aromatic carbocycles. The summed E-state index contributed by atoms with van der Waals surface area (Å²) in [6.45, 7) is 14.4. The molecule has 0 bridgehead atoms. The Morgan fingerprint density at radius 3 is 1.94 bits per heavy atom. The van der Waals surface area contributed by atoms with Crippen LogP contribution in [0.25, 0.3) is 0 Å². The third kappa shape index (κ3) is 2.34. The number of rotatable bonds is 0. The highest BCUT2D eigenvalue weighted by molar-refractivity contribution is 5.18. The Morgan fingerprint density at radius 2 is 1.56 bits per heavy atom. The Kier molecular flexibility index (Phi) is 3.01. The van der Waals surface area contributed by atoms with Gasteiger partial charge >= 0.3 is 5.82 Å². The first kappa shape index (κ1) is 12.9. The second-order valence-corrected chi connectivity index (χ2v) is 6.43. The van der Waals surface area contributed by atoms with Crippen LogP contribution in [0.5, 0.6) is 0 Å². The average molecular weight is 223 g/mol. The van der Waals surface area contributed by atoms with E-state index in [1.165, 1.54) is 4.73 Å². The first-order valence-corrected chi connectivity index (χ1v) is 5.67. The van der Waals surface area contributed by atoms with Gasteiger partial charge in [-0.3, -0.25) is 0 Å². The molecule has 0 aliphatic rings. The first-order chi connectivity index (χ1) is 7.05. The molecular weight excluding hydrogens is 200 g/mol. The number of aryl methyl sites for hydroxylation is 1. The quantitative estimate of drug-likeness (QED) is 0.542. The van der Waals surface area contributed by atoms with Gasteiger partial charge in [-0.2, -0.15) is 0 Å². The Morgan fingerprint density at radius 1 is 1.06 bits per heavy atom. The molecule has 0 amide bonds. The Hall–Kier alpha value is -1.12. The molecule has 0 aliphatic carbocycles. The highest BCUT2D eigenvalue weighted by atomic mass is 16.5. The van der Waals surface area contributed by atoms with Crippen LogP contribution in [0.4, 0.5) is 0 Å². The van der Waals surface area contributed by atoms with Gasteiger partial charge in [0.25, 0.3) is 0 Å². The minimum absolute atomic E-state index is 0.0955.